The second-order valence-electron chi connectivity index (χ2n) is 4.89. The van der Waals surface area contributed by atoms with Gasteiger partial charge in [0.1, 0.15) is 16.6 Å². The fraction of sp³-hybridized carbons (Fsp3) is 0.692. The molecule has 0 unspecified atom stereocenters. The lowest BCUT2D eigenvalue weighted by molar-refractivity contribution is 0.0311. The fourth-order valence-corrected chi connectivity index (χ4v) is 1.37. The minimum atomic E-state index is -0.526. The number of allylic oxidation sites excluding steroid dienone is 1. The van der Waals surface area contributed by atoms with Gasteiger partial charge in [0.05, 0.1) is 0 Å². The van der Waals surface area contributed by atoms with Crippen molar-refractivity contribution in [3.63, 3.8) is 0 Å². The lowest BCUT2D eigenvalue weighted by atomic mass is 10.2. The highest BCUT2D eigenvalue weighted by Crippen LogP contribution is 2.15. The Kier molecular flexibility index (Phi) is 6.99. The summed E-state index contributed by atoms with van der Waals surface area (Å²) < 4.78 is 5.35. The number of amides is 1. The molecule has 18 heavy (non-hydrogen) atoms. The topological polar surface area (TPSA) is 41.9 Å². The molecule has 0 radical (unpaired) electrons. The third-order valence-electron chi connectivity index (χ3n) is 1.86. The molecule has 0 aliphatic rings. The molecule has 0 atom stereocenters. The van der Waals surface area contributed by atoms with Crippen LogP contribution in [0.25, 0.3) is 0 Å². The molecule has 0 fully saturated rings. The van der Waals surface area contributed by atoms with Gasteiger partial charge >= 0.3 is 6.09 Å². The smallest absolute Gasteiger partial charge is 0.415 e. The zero-order valence-electron chi connectivity index (χ0n) is 12.1. The van der Waals surface area contributed by atoms with E-state index in [1.165, 1.54) is 4.90 Å². The van der Waals surface area contributed by atoms with Gasteiger partial charge in [-0.05, 0) is 47.1 Å². The molecule has 0 spiro atoms. The van der Waals surface area contributed by atoms with Gasteiger partial charge < -0.3 is 4.74 Å². The number of ether oxygens (including phenoxy) is 1. The van der Waals surface area contributed by atoms with E-state index in [9.17, 15) is 4.79 Å². The van der Waals surface area contributed by atoms with Gasteiger partial charge in [0.15, 0.2) is 0 Å². The summed E-state index contributed by atoms with van der Waals surface area (Å²) >= 11 is 5.76. The number of halogens is 1. The Morgan fingerprint density at radius 2 is 2.00 bits per heavy atom. The fourth-order valence-electron chi connectivity index (χ4n) is 1.28. The first-order valence-electron chi connectivity index (χ1n) is 6.09. The van der Waals surface area contributed by atoms with E-state index in [4.69, 9.17) is 16.3 Å². The van der Waals surface area contributed by atoms with E-state index in [0.29, 0.717) is 17.5 Å². The maximum absolute atomic E-state index is 12.1. The molecule has 0 aromatic carbocycles. The lowest BCUT2D eigenvalue weighted by Gasteiger charge is -2.27. The summed E-state index contributed by atoms with van der Waals surface area (Å²) in [7, 11) is 0. The van der Waals surface area contributed by atoms with E-state index < -0.39 is 11.7 Å². The highest BCUT2D eigenvalue weighted by atomic mass is 35.5. The summed E-state index contributed by atoms with van der Waals surface area (Å²) in [5.41, 5.74) is -0.526. The van der Waals surface area contributed by atoms with E-state index in [2.05, 4.69) is 4.99 Å². The molecular formula is C13H23ClN2O2. The van der Waals surface area contributed by atoms with Crippen LogP contribution in [-0.2, 0) is 4.74 Å². The van der Waals surface area contributed by atoms with Crippen LogP contribution in [0.2, 0.25) is 0 Å². The summed E-state index contributed by atoms with van der Waals surface area (Å²) in [6, 6.07) is 0. The molecule has 0 saturated carbocycles. The average molecular weight is 275 g/mol. The van der Waals surface area contributed by atoms with Crippen LogP contribution in [0.5, 0.6) is 0 Å². The number of carbonyl (C=O) groups is 1. The number of carbonyl (C=O) groups excluding carboxylic acids is 1. The predicted octanol–water partition coefficient (Wildman–Crippen LogP) is 4.15. The maximum Gasteiger partial charge on any atom is 0.415 e. The lowest BCUT2D eigenvalue weighted by Crippen LogP contribution is -2.36. The first kappa shape index (κ1) is 17.0. The van der Waals surface area contributed by atoms with Crippen LogP contribution in [0.1, 0.15) is 48.0 Å². The summed E-state index contributed by atoms with van der Waals surface area (Å²) in [5, 5.41) is 0.382. The Balaban J connectivity index is 5.06. The van der Waals surface area contributed by atoms with Gasteiger partial charge in [-0.25, -0.2) is 9.79 Å². The van der Waals surface area contributed by atoms with Crippen molar-refractivity contribution in [1.29, 1.82) is 0 Å². The van der Waals surface area contributed by atoms with Crippen LogP contribution < -0.4 is 0 Å². The Labute approximate surface area is 115 Å². The molecule has 0 aromatic heterocycles. The Morgan fingerprint density at radius 3 is 2.33 bits per heavy atom. The number of hydrogen-bond donors (Lipinski definition) is 0. The van der Waals surface area contributed by atoms with Crippen LogP contribution in [0.3, 0.4) is 0 Å². The highest BCUT2D eigenvalue weighted by Gasteiger charge is 2.23. The zero-order chi connectivity index (χ0) is 14.3. The van der Waals surface area contributed by atoms with Gasteiger partial charge in [-0.15, -0.1) is 0 Å². The summed E-state index contributed by atoms with van der Waals surface area (Å²) in [4.78, 5) is 17.7. The maximum atomic E-state index is 12.1. The minimum Gasteiger partial charge on any atom is -0.443 e. The van der Waals surface area contributed by atoms with Gasteiger partial charge in [-0.2, -0.15) is 0 Å². The molecule has 0 bridgehead atoms. The Morgan fingerprint density at radius 1 is 1.44 bits per heavy atom. The normalized spacial score (nSPS) is 13.5. The molecule has 4 nitrogen and oxygen atoms in total. The van der Waals surface area contributed by atoms with Crippen LogP contribution in [0.4, 0.5) is 4.79 Å². The van der Waals surface area contributed by atoms with Crippen molar-refractivity contribution in [1.82, 2.24) is 4.90 Å². The van der Waals surface area contributed by atoms with Crippen LogP contribution in [0.15, 0.2) is 16.9 Å². The second-order valence-corrected chi connectivity index (χ2v) is 5.43. The van der Waals surface area contributed by atoms with E-state index >= 15 is 0 Å². The highest BCUT2D eigenvalue weighted by molar-refractivity contribution is 6.64. The zero-order valence-corrected chi connectivity index (χ0v) is 12.8. The molecule has 0 aliphatic carbocycles. The van der Waals surface area contributed by atoms with Gasteiger partial charge in [-0.1, -0.05) is 18.5 Å². The average Bonchev–Trinajstić information content (AvgIpc) is 2.20. The number of hydrogen-bond acceptors (Lipinski definition) is 3. The molecule has 1 amide bonds. The first-order chi connectivity index (χ1) is 8.21. The quantitative estimate of drug-likeness (QED) is 0.723. The molecule has 0 saturated heterocycles. The molecule has 0 aliphatic heterocycles. The SMILES string of the molecule is CC=C(N=C(C)Cl)N(CCC)C(=O)OC(C)(C)C. The minimum absolute atomic E-state index is 0.382. The standard InChI is InChI=1S/C13H23ClN2O2/c1-7-9-16(11(8-2)15-10(3)14)12(17)18-13(4,5)6/h8H,7,9H2,1-6H3. The van der Waals surface area contributed by atoms with Gasteiger partial charge in [0.2, 0.25) is 0 Å². The number of rotatable bonds is 4. The monoisotopic (exact) mass is 274 g/mol. The van der Waals surface area contributed by atoms with Crippen molar-refractivity contribution in [2.75, 3.05) is 6.54 Å². The van der Waals surface area contributed by atoms with Gasteiger partial charge in [-0.3, -0.25) is 4.90 Å². The molecule has 0 rings (SSSR count). The van der Waals surface area contributed by atoms with Gasteiger partial charge in [0, 0.05) is 6.54 Å². The molecule has 0 N–H and O–H groups in total. The van der Waals surface area contributed by atoms with Crippen molar-refractivity contribution in [3.05, 3.63) is 11.9 Å². The molecule has 0 heterocycles. The predicted molar refractivity (Wildman–Crippen MR) is 76.0 cm³/mol. The van der Waals surface area contributed by atoms with Crippen molar-refractivity contribution in [2.24, 2.45) is 4.99 Å². The molecular weight excluding hydrogens is 252 g/mol. The third-order valence-corrected chi connectivity index (χ3v) is 1.95. The Bertz CT molecular complexity index is 339. The number of nitrogens with zero attached hydrogens (tertiary/aromatic N) is 2. The molecule has 5 heteroatoms. The third kappa shape index (κ3) is 6.64. The summed E-state index contributed by atoms with van der Waals surface area (Å²) in [6.07, 6.45) is 2.15. The molecule has 104 valence electrons. The van der Waals surface area contributed by atoms with Crippen molar-refractivity contribution in [2.45, 2.75) is 53.6 Å². The van der Waals surface area contributed by atoms with E-state index in [-0.39, 0.29) is 0 Å². The largest absolute Gasteiger partial charge is 0.443 e. The van der Waals surface area contributed by atoms with E-state index in [1.807, 2.05) is 34.6 Å². The van der Waals surface area contributed by atoms with Crippen LogP contribution in [-0.4, -0.2) is 28.3 Å². The number of aliphatic imine (C=N–C) groups is 1. The van der Waals surface area contributed by atoms with Crippen molar-refractivity contribution >= 4 is 22.9 Å². The first-order valence-corrected chi connectivity index (χ1v) is 6.46. The second kappa shape index (κ2) is 7.41. The molecule has 0 aromatic rings. The van der Waals surface area contributed by atoms with Crippen molar-refractivity contribution < 1.29 is 9.53 Å². The Hall–Kier alpha value is -1.03. The van der Waals surface area contributed by atoms with Gasteiger partial charge in [0.25, 0.3) is 0 Å². The van der Waals surface area contributed by atoms with E-state index in [1.54, 1.807) is 13.0 Å². The van der Waals surface area contributed by atoms with Crippen molar-refractivity contribution in [3.8, 4) is 0 Å². The van der Waals surface area contributed by atoms with Crippen LogP contribution in [0, 0.1) is 0 Å². The summed E-state index contributed by atoms with van der Waals surface area (Å²) in [5.74, 6) is 0.513. The van der Waals surface area contributed by atoms with Crippen LogP contribution >= 0.6 is 11.6 Å². The summed E-state index contributed by atoms with van der Waals surface area (Å²) in [6.45, 7) is 11.5. The van der Waals surface area contributed by atoms with E-state index in [0.717, 1.165) is 6.42 Å².